The van der Waals surface area contributed by atoms with Crippen LogP contribution >= 0.6 is 11.8 Å². The van der Waals surface area contributed by atoms with Crippen molar-refractivity contribution in [3.05, 3.63) is 28.5 Å². The van der Waals surface area contributed by atoms with Crippen molar-refractivity contribution in [3.63, 3.8) is 0 Å². The van der Waals surface area contributed by atoms with Crippen LogP contribution in [0, 0.1) is 44.1 Å². The van der Waals surface area contributed by atoms with Crippen molar-refractivity contribution in [1.29, 1.82) is 0 Å². The third-order valence-corrected chi connectivity index (χ3v) is 3.50. The molecule has 0 aromatic carbocycles. The largest absolute Gasteiger partial charge is 0.482 e. The number of aromatic nitrogens is 2. The molecule has 1 aliphatic rings. The molecule has 1 radical (unpaired) electrons. The summed E-state index contributed by atoms with van der Waals surface area (Å²) in [5.41, 5.74) is 6.96. The molecule has 0 bridgehead atoms. The minimum absolute atomic E-state index is 0. The van der Waals surface area contributed by atoms with Crippen molar-refractivity contribution in [2.24, 2.45) is 0 Å². The summed E-state index contributed by atoms with van der Waals surface area (Å²) in [6, 6.07) is 1.49. The molecule has 1 N–H and O–H groups in total. The number of hydrogen-bond acceptors (Lipinski definition) is 4. The number of hydrogen-bond donors (Lipinski definition) is 0. The molecule has 2 unspecified atom stereocenters. The molecule has 1 aliphatic heterocycles. The summed E-state index contributed by atoms with van der Waals surface area (Å²) in [5, 5.41) is 0. The SMILES string of the molecule is CCC1OC(n2ccc([NH-])nc2=O)CS1.[Ac]. The van der Waals surface area contributed by atoms with E-state index in [1.807, 2.05) is 6.92 Å². The van der Waals surface area contributed by atoms with Crippen LogP contribution in [0.2, 0.25) is 0 Å². The fourth-order valence-electron chi connectivity index (χ4n) is 1.44. The van der Waals surface area contributed by atoms with Crippen LogP contribution in [0.1, 0.15) is 19.6 Å². The molecule has 16 heavy (non-hydrogen) atoms. The molecule has 2 atom stereocenters. The van der Waals surface area contributed by atoms with E-state index in [4.69, 9.17) is 10.5 Å². The van der Waals surface area contributed by atoms with Crippen LogP contribution in [0.5, 0.6) is 0 Å². The zero-order chi connectivity index (χ0) is 10.8. The molecule has 1 fully saturated rings. The molecule has 0 spiro atoms. The normalized spacial score (nSPS) is 24.1. The molecular weight excluding hydrogens is 441 g/mol. The molecule has 0 saturated carbocycles. The molecule has 5 nitrogen and oxygen atoms in total. The van der Waals surface area contributed by atoms with Gasteiger partial charge in [0, 0.05) is 56.0 Å². The van der Waals surface area contributed by atoms with Crippen LogP contribution in [0.15, 0.2) is 17.1 Å². The molecule has 2 heterocycles. The predicted octanol–water partition coefficient (Wildman–Crippen LogP) is 1.93. The number of ether oxygens (including phenoxy) is 1. The monoisotopic (exact) mass is 453 g/mol. The predicted molar refractivity (Wildman–Crippen MR) is 59.1 cm³/mol. The van der Waals surface area contributed by atoms with Gasteiger partial charge in [-0.2, -0.15) is 0 Å². The molecule has 0 aliphatic carbocycles. The fourth-order valence-corrected chi connectivity index (χ4v) is 2.50. The van der Waals surface area contributed by atoms with Gasteiger partial charge in [-0.05, 0) is 12.5 Å². The van der Waals surface area contributed by atoms with Crippen LogP contribution in [0.4, 0.5) is 5.82 Å². The zero-order valence-electron chi connectivity index (χ0n) is 8.92. The quantitative estimate of drug-likeness (QED) is 0.687. The molecule has 0 amide bonds. The Balaban J connectivity index is 0.00000128. The summed E-state index contributed by atoms with van der Waals surface area (Å²) in [6.07, 6.45) is 2.27. The van der Waals surface area contributed by atoms with Crippen LogP contribution < -0.4 is 5.69 Å². The van der Waals surface area contributed by atoms with Gasteiger partial charge in [0.25, 0.3) is 0 Å². The summed E-state index contributed by atoms with van der Waals surface area (Å²) >= 11 is 1.70. The average molecular weight is 453 g/mol. The molecule has 2 rings (SSSR count). The second-order valence-corrected chi connectivity index (χ2v) is 4.46. The van der Waals surface area contributed by atoms with Gasteiger partial charge in [0.1, 0.15) is 11.7 Å². The molecule has 1 aromatic heterocycles. The van der Waals surface area contributed by atoms with Crippen molar-refractivity contribution < 1.29 is 48.8 Å². The van der Waals surface area contributed by atoms with Crippen molar-refractivity contribution in [1.82, 2.24) is 9.55 Å². The van der Waals surface area contributed by atoms with Crippen LogP contribution in [0.25, 0.3) is 5.73 Å². The van der Waals surface area contributed by atoms with Gasteiger partial charge < -0.3 is 15.5 Å². The van der Waals surface area contributed by atoms with E-state index in [-0.39, 0.29) is 61.5 Å². The Hall–Kier alpha value is 0.432. The Bertz CT molecular complexity index is 412. The Morgan fingerprint density at radius 1 is 1.75 bits per heavy atom. The number of thioether (sulfide) groups is 1. The molecule has 1 saturated heterocycles. The first-order valence-corrected chi connectivity index (χ1v) is 5.83. The zero-order valence-corrected chi connectivity index (χ0v) is 14.5. The second-order valence-electron chi connectivity index (χ2n) is 3.26. The van der Waals surface area contributed by atoms with Gasteiger partial charge in [-0.15, -0.1) is 11.8 Å². The van der Waals surface area contributed by atoms with Gasteiger partial charge in [0.15, 0.2) is 0 Å². The molecule has 85 valence electrons. The van der Waals surface area contributed by atoms with Gasteiger partial charge in [-0.1, -0.05) is 12.7 Å². The van der Waals surface area contributed by atoms with Crippen molar-refractivity contribution >= 4 is 17.6 Å². The van der Waals surface area contributed by atoms with Crippen LogP contribution in [0.3, 0.4) is 0 Å². The van der Waals surface area contributed by atoms with E-state index in [1.54, 1.807) is 18.0 Å². The van der Waals surface area contributed by atoms with E-state index >= 15 is 0 Å². The molecule has 1 aromatic rings. The third-order valence-electron chi connectivity index (χ3n) is 2.21. The van der Waals surface area contributed by atoms with Crippen molar-refractivity contribution in [2.45, 2.75) is 25.0 Å². The summed E-state index contributed by atoms with van der Waals surface area (Å²) in [5.74, 6) is 0.756. The Morgan fingerprint density at radius 3 is 3.06 bits per heavy atom. The van der Waals surface area contributed by atoms with Gasteiger partial charge in [0.05, 0.1) is 0 Å². The fraction of sp³-hybridized carbons (Fsp3) is 0.556. The van der Waals surface area contributed by atoms with Crippen molar-refractivity contribution in [2.75, 3.05) is 5.75 Å². The third kappa shape index (κ3) is 3.22. The maximum absolute atomic E-state index is 11.5. The van der Waals surface area contributed by atoms with E-state index in [9.17, 15) is 4.79 Å². The molecule has 7 heteroatoms. The summed E-state index contributed by atoms with van der Waals surface area (Å²) in [4.78, 5) is 15.0. The van der Waals surface area contributed by atoms with Gasteiger partial charge >= 0.3 is 0 Å². The van der Waals surface area contributed by atoms with Crippen molar-refractivity contribution in [3.8, 4) is 0 Å². The first kappa shape index (κ1) is 14.5. The van der Waals surface area contributed by atoms with E-state index in [2.05, 4.69) is 4.98 Å². The average Bonchev–Trinajstić information content (AvgIpc) is 2.66. The van der Waals surface area contributed by atoms with Gasteiger partial charge in [-0.3, -0.25) is 9.36 Å². The number of nitrogens with zero attached hydrogens (tertiary/aromatic N) is 2. The maximum Gasteiger partial charge on any atom is 0.248 e. The van der Waals surface area contributed by atoms with Gasteiger partial charge in [0.2, 0.25) is 5.69 Å². The summed E-state index contributed by atoms with van der Waals surface area (Å²) < 4.78 is 7.09. The van der Waals surface area contributed by atoms with E-state index in [1.165, 1.54) is 10.6 Å². The standard InChI is InChI=1S/C9H13N3O2S.Ac/c1-2-8-14-7(5-15-8)12-4-3-6(10)11-9(12)13;/h3-4,7-8H,2,5H2,1H3,(H2,10,11,13);/p-1. The first-order valence-electron chi connectivity index (χ1n) is 4.78. The van der Waals surface area contributed by atoms with Crippen LogP contribution in [-0.2, 0) is 4.74 Å². The molecular formula is C9H12AcN3O2S-. The van der Waals surface area contributed by atoms with E-state index in [0.29, 0.717) is 0 Å². The Labute approximate surface area is 134 Å². The van der Waals surface area contributed by atoms with E-state index in [0.717, 1.165) is 12.2 Å². The minimum atomic E-state index is -0.412. The maximum atomic E-state index is 11.5. The number of nitrogens with one attached hydrogen (secondary N) is 1. The number of rotatable bonds is 2. The first-order chi connectivity index (χ1) is 7.20. The van der Waals surface area contributed by atoms with Gasteiger partial charge in [-0.25, -0.2) is 0 Å². The summed E-state index contributed by atoms with van der Waals surface area (Å²) in [7, 11) is 0. The second kappa shape index (κ2) is 6.39. The topological polar surface area (TPSA) is 67.9 Å². The van der Waals surface area contributed by atoms with E-state index < -0.39 is 5.69 Å². The Kier molecular flexibility index (Phi) is 5.79. The summed E-state index contributed by atoms with van der Waals surface area (Å²) in [6.45, 7) is 2.05. The Morgan fingerprint density at radius 2 is 2.50 bits per heavy atom. The smallest absolute Gasteiger partial charge is 0.248 e. The van der Waals surface area contributed by atoms with Crippen LogP contribution in [-0.4, -0.2) is 20.7 Å². The minimum Gasteiger partial charge on any atom is -0.482 e.